The summed E-state index contributed by atoms with van der Waals surface area (Å²) in [5.74, 6) is -0.582. The molecule has 0 amide bonds. The van der Waals surface area contributed by atoms with Gasteiger partial charge in [-0.05, 0) is 49.9 Å². The maximum Gasteiger partial charge on any atom is 0.279 e. The zero-order valence-corrected chi connectivity index (χ0v) is 18.3. The second-order valence-electron chi connectivity index (χ2n) is 8.59. The zero-order valence-electron chi connectivity index (χ0n) is 18.3. The number of imidazole rings is 1. The molecule has 11 heteroatoms. The topological polar surface area (TPSA) is 135 Å². The lowest BCUT2D eigenvalue weighted by Gasteiger charge is -2.16. The number of pyridine rings is 1. The summed E-state index contributed by atoms with van der Waals surface area (Å²) in [5, 5.41) is 24.5. The first-order chi connectivity index (χ1) is 17.0. The van der Waals surface area contributed by atoms with Crippen molar-refractivity contribution in [3.8, 4) is 17.7 Å². The molecule has 10 nitrogen and oxygen atoms in total. The quantitative estimate of drug-likeness (QED) is 0.423. The Morgan fingerprint density at radius 2 is 2.00 bits per heavy atom. The summed E-state index contributed by atoms with van der Waals surface area (Å²) >= 11 is 0. The number of benzene rings is 1. The summed E-state index contributed by atoms with van der Waals surface area (Å²) in [6.45, 7) is 0.00423. The van der Waals surface area contributed by atoms with E-state index in [4.69, 9.17) is 4.52 Å². The number of nitrogens with zero attached hydrogens (tertiary/aromatic N) is 7. The fourth-order valence-electron chi connectivity index (χ4n) is 4.75. The van der Waals surface area contributed by atoms with Gasteiger partial charge in [-0.25, -0.2) is 9.37 Å². The van der Waals surface area contributed by atoms with Gasteiger partial charge in [-0.1, -0.05) is 11.2 Å². The SMILES string of the molecule is N#Cc1c(F)ccc2c1n(Cc1ccccn1)c(=O)c1c(-c3nc(C4(O)CCCC4)no3)ncn12. The summed E-state index contributed by atoms with van der Waals surface area (Å²) in [6.07, 6.45) is 5.75. The molecule has 1 aromatic carbocycles. The Balaban J connectivity index is 1.62. The minimum absolute atomic E-state index is 0.00423. The van der Waals surface area contributed by atoms with Crippen LogP contribution >= 0.6 is 0 Å². The standard InChI is InChI=1S/C24H18FN7O3/c25-16-6-7-17-19(15(16)11-26)31(12-14-5-1-4-10-27-14)22(33)20-18(28-13-32(17)20)21-29-23(30-35-21)24(34)8-2-3-9-24/h1,4-7,10,13,34H,2-3,8-9,12H2. The van der Waals surface area contributed by atoms with Crippen molar-refractivity contribution in [2.45, 2.75) is 37.8 Å². The van der Waals surface area contributed by atoms with Crippen LogP contribution in [0.25, 0.3) is 28.1 Å². The van der Waals surface area contributed by atoms with Crippen molar-refractivity contribution in [3.63, 3.8) is 0 Å². The summed E-state index contributed by atoms with van der Waals surface area (Å²) in [5.41, 5.74) is -0.603. The Morgan fingerprint density at radius 3 is 2.74 bits per heavy atom. The summed E-state index contributed by atoms with van der Waals surface area (Å²) < 4.78 is 22.8. The largest absolute Gasteiger partial charge is 0.382 e. The maximum atomic E-state index is 14.6. The van der Waals surface area contributed by atoms with Crippen LogP contribution in [0.1, 0.15) is 42.8 Å². The van der Waals surface area contributed by atoms with E-state index in [-0.39, 0.29) is 40.6 Å². The molecule has 4 aromatic heterocycles. The molecule has 6 rings (SSSR count). The molecule has 1 fully saturated rings. The Kier molecular flexibility index (Phi) is 4.72. The van der Waals surface area contributed by atoms with E-state index in [1.807, 2.05) is 6.07 Å². The number of hydrogen-bond donors (Lipinski definition) is 1. The second kappa shape index (κ2) is 7.82. The molecule has 0 unspecified atom stereocenters. The lowest BCUT2D eigenvalue weighted by molar-refractivity contribution is 0.0328. The molecule has 4 heterocycles. The summed E-state index contributed by atoms with van der Waals surface area (Å²) in [7, 11) is 0. The van der Waals surface area contributed by atoms with Crippen LogP contribution in [0.3, 0.4) is 0 Å². The smallest absolute Gasteiger partial charge is 0.279 e. The zero-order chi connectivity index (χ0) is 24.2. The first kappa shape index (κ1) is 21.1. The van der Waals surface area contributed by atoms with Gasteiger partial charge in [0.2, 0.25) is 5.82 Å². The van der Waals surface area contributed by atoms with Gasteiger partial charge in [0.1, 0.15) is 34.9 Å². The van der Waals surface area contributed by atoms with Gasteiger partial charge in [0.25, 0.3) is 11.4 Å². The predicted octanol–water partition coefficient (Wildman–Crippen LogP) is 2.91. The number of hydrogen-bond acceptors (Lipinski definition) is 8. The second-order valence-corrected chi connectivity index (χ2v) is 8.59. The Labute approximate surface area is 196 Å². The van der Waals surface area contributed by atoms with E-state index in [0.29, 0.717) is 24.1 Å². The highest BCUT2D eigenvalue weighted by molar-refractivity contribution is 5.87. The van der Waals surface area contributed by atoms with E-state index in [0.717, 1.165) is 12.8 Å². The van der Waals surface area contributed by atoms with E-state index < -0.39 is 17.0 Å². The third-order valence-corrected chi connectivity index (χ3v) is 6.48. The van der Waals surface area contributed by atoms with Gasteiger partial charge >= 0.3 is 0 Å². The van der Waals surface area contributed by atoms with Gasteiger partial charge in [0.15, 0.2) is 5.69 Å². The Morgan fingerprint density at radius 1 is 1.17 bits per heavy atom. The Hall–Kier alpha value is -4.43. The molecule has 0 saturated heterocycles. The molecule has 1 aliphatic carbocycles. The molecule has 0 radical (unpaired) electrons. The molecule has 35 heavy (non-hydrogen) atoms. The number of fused-ring (bicyclic) bond motifs is 3. The highest BCUT2D eigenvalue weighted by Crippen LogP contribution is 2.38. The van der Waals surface area contributed by atoms with Crippen LogP contribution in [-0.2, 0) is 12.1 Å². The van der Waals surface area contributed by atoms with E-state index in [9.17, 15) is 19.6 Å². The van der Waals surface area contributed by atoms with E-state index >= 15 is 0 Å². The maximum absolute atomic E-state index is 14.6. The van der Waals surface area contributed by atoms with Gasteiger partial charge in [-0.2, -0.15) is 10.2 Å². The van der Waals surface area contributed by atoms with Gasteiger partial charge < -0.3 is 9.63 Å². The number of rotatable bonds is 4. The van der Waals surface area contributed by atoms with Crippen LogP contribution < -0.4 is 5.56 Å². The van der Waals surface area contributed by atoms with Crippen molar-refractivity contribution in [2.24, 2.45) is 0 Å². The lowest BCUT2D eigenvalue weighted by atomic mass is 10.0. The fourth-order valence-corrected chi connectivity index (χ4v) is 4.75. The van der Waals surface area contributed by atoms with Crippen LogP contribution in [-0.4, -0.2) is 34.2 Å². The first-order valence-corrected chi connectivity index (χ1v) is 11.1. The summed E-state index contributed by atoms with van der Waals surface area (Å²) in [4.78, 5) is 26.8. The molecule has 1 N–H and O–H groups in total. The molecule has 1 aliphatic rings. The molecule has 0 bridgehead atoms. The van der Waals surface area contributed by atoms with Crippen molar-refractivity contribution < 1.29 is 14.0 Å². The Bertz CT molecular complexity index is 1690. The van der Waals surface area contributed by atoms with Crippen molar-refractivity contribution in [2.75, 3.05) is 0 Å². The molecule has 0 spiro atoms. The monoisotopic (exact) mass is 471 g/mol. The van der Waals surface area contributed by atoms with Crippen LogP contribution in [0.15, 0.2) is 52.2 Å². The van der Waals surface area contributed by atoms with Crippen molar-refractivity contribution in [1.29, 1.82) is 5.26 Å². The normalized spacial score (nSPS) is 15.1. The number of aromatic nitrogens is 6. The van der Waals surface area contributed by atoms with Crippen molar-refractivity contribution in [1.82, 2.24) is 29.1 Å². The molecule has 1 saturated carbocycles. The number of halogens is 1. The molecule has 0 aliphatic heterocycles. The third-order valence-electron chi connectivity index (χ3n) is 6.48. The number of nitriles is 1. The number of aliphatic hydroxyl groups is 1. The summed E-state index contributed by atoms with van der Waals surface area (Å²) in [6, 6.07) is 9.79. The van der Waals surface area contributed by atoms with Crippen LogP contribution in [0, 0.1) is 17.1 Å². The van der Waals surface area contributed by atoms with Gasteiger partial charge in [-0.15, -0.1) is 0 Å². The third kappa shape index (κ3) is 3.22. The lowest BCUT2D eigenvalue weighted by Crippen LogP contribution is -2.25. The van der Waals surface area contributed by atoms with E-state index in [1.165, 1.54) is 27.4 Å². The van der Waals surface area contributed by atoms with Crippen LogP contribution in [0.4, 0.5) is 4.39 Å². The highest BCUT2D eigenvalue weighted by atomic mass is 19.1. The predicted molar refractivity (Wildman–Crippen MR) is 121 cm³/mol. The van der Waals surface area contributed by atoms with Gasteiger partial charge in [0, 0.05) is 6.20 Å². The molecular formula is C24H18FN7O3. The molecule has 5 aromatic rings. The van der Waals surface area contributed by atoms with E-state index in [1.54, 1.807) is 24.4 Å². The fraction of sp³-hybridized carbons (Fsp3) is 0.250. The van der Waals surface area contributed by atoms with Crippen molar-refractivity contribution >= 4 is 16.6 Å². The molecule has 0 atom stereocenters. The molecular weight excluding hydrogens is 453 g/mol. The van der Waals surface area contributed by atoms with Crippen LogP contribution in [0.5, 0.6) is 0 Å². The minimum atomic E-state index is -1.16. The van der Waals surface area contributed by atoms with E-state index in [2.05, 4.69) is 20.1 Å². The molecule has 174 valence electrons. The highest BCUT2D eigenvalue weighted by Gasteiger charge is 2.38. The average molecular weight is 471 g/mol. The first-order valence-electron chi connectivity index (χ1n) is 11.1. The minimum Gasteiger partial charge on any atom is -0.382 e. The van der Waals surface area contributed by atoms with Crippen LogP contribution in [0.2, 0.25) is 0 Å². The van der Waals surface area contributed by atoms with Crippen molar-refractivity contribution in [3.05, 3.63) is 76.1 Å². The van der Waals surface area contributed by atoms with Gasteiger partial charge in [0.05, 0.1) is 23.3 Å². The average Bonchev–Trinajstić information content (AvgIpc) is 3.62. The van der Waals surface area contributed by atoms with Gasteiger partial charge in [-0.3, -0.25) is 18.7 Å².